The summed E-state index contributed by atoms with van der Waals surface area (Å²) >= 11 is 2.00. The fourth-order valence-corrected chi connectivity index (χ4v) is 4.47. The van der Waals surface area contributed by atoms with Crippen molar-refractivity contribution in [1.82, 2.24) is 10.6 Å². The standard InChI is InChI=1S/C14H26N2OS.ClH/c1-3-14(9-6-10-15-14)13(17)16-11-7-5-8-12(11)18-4-2;/h11-12,15H,3-10H2,1-2H3,(H,16,17);1H. The van der Waals surface area contributed by atoms with Crippen LogP contribution >= 0.6 is 24.2 Å². The van der Waals surface area contributed by atoms with Crippen molar-refractivity contribution in [3.8, 4) is 0 Å². The molecule has 5 heteroatoms. The van der Waals surface area contributed by atoms with Gasteiger partial charge in [0.2, 0.25) is 5.91 Å². The third kappa shape index (κ3) is 3.79. The lowest BCUT2D eigenvalue weighted by molar-refractivity contribution is -0.127. The third-order valence-electron chi connectivity index (χ3n) is 4.43. The lowest BCUT2D eigenvalue weighted by Crippen LogP contribution is -2.56. The molecule has 0 bridgehead atoms. The Balaban J connectivity index is 0.00000180. The van der Waals surface area contributed by atoms with Crippen molar-refractivity contribution < 1.29 is 4.79 Å². The van der Waals surface area contributed by atoms with E-state index in [1.807, 2.05) is 11.8 Å². The lowest BCUT2D eigenvalue weighted by Gasteiger charge is -2.30. The summed E-state index contributed by atoms with van der Waals surface area (Å²) in [6.45, 7) is 5.30. The zero-order valence-electron chi connectivity index (χ0n) is 12.0. The van der Waals surface area contributed by atoms with Crippen molar-refractivity contribution in [2.24, 2.45) is 0 Å². The van der Waals surface area contributed by atoms with Gasteiger partial charge in [0.15, 0.2) is 0 Å². The van der Waals surface area contributed by atoms with E-state index in [1.165, 1.54) is 12.8 Å². The van der Waals surface area contributed by atoms with Crippen LogP contribution in [0.5, 0.6) is 0 Å². The molecule has 1 aliphatic heterocycles. The maximum absolute atomic E-state index is 12.5. The van der Waals surface area contributed by atoms with Crippen LogP contribution < -0.4 is 10.6 Å². The van der Waals surface area contributed by atoms with Gasteiger partial charge in [-0.1, -0.05) is 20.3 Å². The summed E-state index contributed by atoms with van der Waals surface area (Å²) in [6.07, 6.45) is 6.69. The van der Waals surface area contributed by atoms with Crippen molar-refractivity contribution >= 4 is 30.1 Å². The van der Waals surface area contributed by atoms with Crippen LogP contribution in [-0.2, 0) is 4.79 Å². The van der Waals surface area contributed by atoms with E-state index in [2.05, 4.69) is 24.5 Å². The number of hydrogen-bond donors (Lipinski definition) is 2. The van der Waals surface area contributed by atoms with Crippen LogP contribution in [0.25, 0.3) is 0 Å². The van der Waals surface area contributed by atoms with E-state index in [-0.39, 0.29) is 23.9 Å². The van der Waals surface area contributed by atoms with Gasteiger partial charge in [-0.25, -0.2) is 0 Å². The minimum atomic E-state index is -0.274. The Hall–Kier alpha value is 0.0700. The Morgan fingerprint density at radius 3 is 2.74 bits per heavy atom. The minimum Gasteiger partial charge on any atom is -0.351 e. The maximum atomic E-state index is 12.5. The minimum absolute atomic E-state index is 0. The van der Waals surface area contributed by atoms with Gasteiger partial charge >= 0.3 is 0 Å². The molecule has 3 nitrogen and oxygen atoms in total. The van der Waals surface area contributed by atoms with Crippen LogP contribution in [0.2, 0.25) is 0 Å². The predicted octanol–water partition coefficient (Wildman–Crippen LogP) is 2.73. The number of carbonyl (C=O) groups is 1. The molecular formula is C14H27ClN2OS. The highest BCUT2D eigenvalue weighted by atomic mass is 35.5. The van der Waals surface area contributed by atoms with Gasteiger partial charge in [0, 0.05) is 11.3 Å². The Kier molecular flexibility index (Phi) is 6.98. The molecule has 2 rings (SSSR count). The molecule has 0 spiro atoms. The van der Waals surface area contributed by atoms with Crippen molar-refractivity contribution in [3.05, 3.63) is 0 Å². The quantitative estimate of drug-likeness (QED) is 0.820. The zero-order chi connectivity index (χ0) is 13.0. The van der Waals surface area contributed by atoms with Crippen LogP contribution in [0.15, 0.2) is 0 Å². The molecule has 0 radical (unpaired) electrons. The van der Waals surface area contributed by atoms with Crippen LogP contribution in [0.4, 0.5) is 0 Å². The Morgan fingerprint density at radius 2 is 2.16 bits per heavy atom. The molecule has 1 aliphatic carbocycles. The average Bonchev–Trinajstić information content (AvgIpc) is 3.00. The molecule has 1 heterocycles. The number of thioether (sulfide) groups is 1. The van der Waals surface area contributed by atoms with Gasteiger partial charge in [-0.05, 0) is 44.4 Å². The summed E-state index contributed by atoms with van der Waals surface area (Å²) in [6, 6.07) is 0.397. The largest absolute Gasteiger partial charge is 0.351 e. The normalized spacial score (nSPS) is 34.0. The second kappa shape index (κ2) is 7.75. The molecule has 3 unspecified atom stereocenters. The first kappa shape index (κ1) is 17.1. The first-order valence-electron chi connectivity index (χ1n) is 7.39. The number of hydrogen-bond acceptors (Lipinski definition) is 3. The molecule has 2 aliphatic rings. The summed E-state index contributed by atoms with van der Waals surface area (Å²) in [7, 11) is 0. The van der Waals surface area contributed by atoms with Crippen LogP contribution in [-0.4, -0.2) is 35.0 Å². The first-order valence-corrected chi connectivity index (χ1v) is 8.44. The average molecular weight is 307 g/mol. The topological polar surface area (TPSA) is 41.1 Å². The van der Waals surface area contributed by atoms with E-state index in [9.17, 15) is 4.79 Å². The lowest BCUT2D eigenvalue weighted by atomic mass is 9.92. The number of amides is 1. The second-order valence-corrected chi connectivity index (χ2v) is 6.99. The Bertz CT molecular complexity index is 295. The van der Waals surface area contributed by atoms with Gasteiger partial charge in [-0.15, -0.1) is 12.4 Å². The van der Waals surface area contributed by atoms with Gasteiger partial charge < -0.3 is 10.6 Å². The second-order valence-electron chi connectivity index (χ2n) is 5.47. The molecule has 112 valence electrons. The summed E-state index contributed by atoms with van der Waals surface area (Å²) in [5, 5.41) is 7.38. The maximum Gasteiger partial charge on any atom is 0.240 e. The molecule has 2 fully saturated rings. The first-order chi connectivity index (χ1) is 8.72. The zero-order valence-corrected chi connectivity index (χ0v) is 13.7. The summed E-state index contributed by atoms with van der Waals surface area (Å²) in [4.78, 5) is 12.5. The van der Waals surface area contributed by atoms with E-state index < -0.39 is 0 Å². The van der Waals surface area contributed by atoms with Crippen molar-refractivity contribution in [1.29, 1.82) is 0 Å². The van der Waals surface area contributed by atoms with Gasteiger partial charge in [-0.3, -0.25) is 4.79 Å². The Labute approximate surface area is 127 Å². The Morgan fingerprint density at radius 1 is 1.37 bits per heavy atom. The van der Waals surface area contributed by atoms with Gasteiger partial charge in [0.05, 0.1) is 5.54 Å². The molecule has 19 heavy (non-hydrogen) atoms. The molecule has 1 saturated carbocycles. The van der Waals surface area contributed by atoms with E-state index in [1.54, 1.807) is 0 Å². The number of carbonyl (C=O) groups excluding carboxylic acids is 1. The van der Waals surface area contributed by atoms with Gasteiger partial charge in [0.1, 0.15) is 0 Å². The highest BCUT2D eigenvalue weighted by Crippen LogP contribution is 2.31. The van der Waals surface area contributed by atoms with Crippen LogP contribution in [0.1, 0.15) is 52.4 Å². The van der Waals surface area contributed by atoms with E-state index in [0.29, 0.717) is 11.3 Å². The number of rotatable bonds is 5. The summed E-state index contributed by atoms with van der Waals surface area (Å²) < 4.78 is 0. The molecule has 3 atom stereocenters. The fourth-order valence-electron chi connectivity index (χ4n) is 3.27. The third-order valence-corrected chi connectivity index (χ3v) is 5.76. The van der Waals surface area contributed by atoms with Gasteiger partial charge in [0.25, 0.3) is 0 Å². The van der Waals surface area contributed by atoms with Crippen molar-refractivity contribution in [2.45, 2.75) is 69.2 Å². The fraction of sp³-hybridized carbons (Fsp3) is 0.929. The number of nitrogens with one attached hydrogen (secondary N) is 2. The summed E-state index contributed by atoms with van der Waals surface area (Å²) in [5.41, 5.74) is -0.274. The highest BCUT2D eigenvalue weighted by Gasteiger charge is 2.41. The van der Waals surface area contributed by atoms with Crippen molar-refractivity contribution in [3.63, 3.8) is 0 Å². The van der Waals surface area contributed by atoms with Crippen molar-refractivity contribution in [2.75, 3.05) is 12.3 Å². The molecule has 0 aromatic heterocycles. The smallest absolute Gasteiger partial charge is 0.240 e. The van der Waals surface area contributed by atoms with Crippen LogP contribution in [0.3, 0.4) is 0 Å². The van der Waals surface area contributed by atoms with E-state index in [4.69, 9.17) is 0 Å². The summed E-state index contributed by atoms with van der Waals surface area (Å²) in [5.74, 6) is 1.39. The van der Waals surface area contributed by atoms with Crippen LogP contribution in [0, 0.1) is 0 Å². The van der Waals surface area contributed by atoms with Gasteiger partial charge in [-0.2, -0.15) is 11.8 Å². The monoisotopic (exact) mass is 306 g/mol. The molecule has 0 aromatic carbocycles. The molecule has 0 aromatic rings. The predicted molar refractivity (Wildman–Crippen MR) is 85.2 cm³/mol. The van der Waals surface area contributed by atoms with E-state index in [0.717, 1.165) is 38.0 Å². The molecular weight excluding hydrogens is 280 g/mol. The SMILES string of the molecule is CCSC1CCCC1NC(=O)C1(CC)CCCN1.Cl. The number of halogens is 1. The highest BCUT2D eigenvalue weighted by molar-refractivity contribution is 7.99. The molecule has 1 saturated heterocycles. The molecule has 2 N–H and O–H groups in total. The molecule has 1 amide bonds. The van der Waals surface area contributed by atoms with E-state index >= 15 is 0 Å².